The fourth-order valence-electron chi connectivity index (χ4n) is 0.920. The Kier molecular flexibility index (Phi) is 6.48. The molecule has 114 valence electrons. The summed E-state index contributed by atoms with van der Waals surface area (Å²) in [5, 5.41) is 17.1. The molecule has 1 rings (SSSR count). The van der Waals surface area contributed by atoms with Crippen molar-refractivity contribution in [3.63, 3.8) is 0 Å². The Balaban J connectivity index is 0.000000370. The quantitative estimate of drug-likeness (QED) is 0.408. The summed E-state index contributed by atoms with van der Waals surface area (Å²) in [4.78, 5) is 9.95. The third-order valence-corrected chi connectivity index (χ3v) is 3.31. The average molecular weight is 323 g/mol. The van der Waals surface area contributed by atoms with Gasteiger partial charge in [-0.2, -0.15) is 21.0 Å². The first-order chi connectivity index (χ1) is 8.85. The van der Waals surface area contributed by atoms with E-state index in [1.807, 2.05) is 0 Å². The third kappa shape index (κ3) is 6.75. The second-order valence-electron chi connectivity index (χ2n) is 4.44. The van der Waals surface area contributed by atoms with Gasteiger partial charge in [0.15, 0.2) is 0 Å². The van der Waals surface area contributed by atoms with Gasteiger partial charge in [-0.25, -0.2) is 0 Å². The lowest BCUT2D eigenvalue weighted by Crippen LogP contribution is -2.45. The van der Waals surface area contributed by atoms with Crippen LogP contribution in [0.1, 0.15) is 13.8 Å². The van der Waals surface area contributed by atoms with Crippen molar-refractivity contribution in [1.29, 1.82) is 0 Å². The molecule has 0 saturated heterocycles. The van der Waals surface area contributed by atoms with Gasteiger partial charge in [0.2, 0.25) is 0 Å². The number of hydrogen-bond acceptors (Lipinski definition) is 6. The number of hydrogen-bond donors (Lipinski definition) is 5. The molecule has 1 atom stereocenters. The zero-order valence-corrected chi connectivity index (χ0v) is 12.6. The zero-order chi connectivity index (χ0) is 16.1. The molecule has 20 heavy (non-hydrogen) atoms. The van der Waals surface area contributed by atoms with Gasteiger partial charge in [-0.1, -0.05) is 0 Å². The molecule has 0 aliphatic heterocycles. The maximum absolute atomic E-state index is 10.4. The summed E-state index contributed by atoms with van der Waals surface area (Å²) in [6.07, 6.45) is 0. The fourth-order valence-corrected chi connectivity index (χ4v) is 1.51. The van der Waals surface area contributed by atoms with E-state index in [1.54, 1.807) is 13.8 Å². The molecular weight excluding hydrogens is 306 g/mol. The lowest BCUT2D eigenvalue weighted by molar-refractivity contribution is -0.139. The van der Waals surface area contributed by atoms with Crippen LogP contribution in [0.3, 0.4) is 0 Å². The van der Waals surface area contributed by atoms with Crippen LogP contribution in [-0.2, 0) is 14.9 Å². The van der Waals surface area contributed by atoms with Crippen LogP contribution < -0.4 is 5.73 Å². The van der Waals surface area contributed by atoms with Crippen LogP contribution in [0.2, 0.25) is 0 Å². The summed E-state index contributed by atoms with van der Waals surface area (Å²) >= 11 is 3.98. The normalized spacial score (nSPS) is 13.1. The van der Waals surface area contributed by atoms with Crippen molar-refractivity contribution in [2.45, 2.75) is 29.5 Å². The maximum Gasteiger partial charge on any atom is 0.321 e. The molecule has 0 amide bonds. The van der Waals surface area contributed by atoms with Crippen molar-refractivity contribution in [3.05, 3.63) is 24.3 Å². The summed E-state index contributed by atoms with van der Waals surface area (Å²) < 4.78 is 28.7. The third-order valence-electron chi connectivity index (χ3n) is 2.16. The van der Waals surface area contributed by atoms with Crippen LogP contribution in [0.15, 0.2) is 29.2 Å². The molecule has 1 aromatic rings. The minimum absolute atomic E-state index is 0.0441. The number of nitrogens with two attached hydrogens (primary N) is 1. The van der Waals surface area contributed by atoms with Gasteiger partial charge in [0.1, 0.15) is 11.8 Å². The Bertz CT molecular complexity index is 547. The molecular formula is C11H17NO6S2. The van der Waals surface area contributed by atoms with Crippen molar-refractivity contribution >= 4 is 28.7 Å². The minimum Gasteiger partial charge on any atom is -0.508 e. The lowest BCUT2D eigenvalue weighted by Gasteiger charge is -2.21. The number of rotatable bonds is 3. The molecule has 0 saturated carbocycles. The lowest BCUT2D eigenvalue weighted by atomic mass is 10.1. The molecule has 0 heterocycles. The van der Waals surface area contributed by atoms with Crippen LogP contribution in [0.4, 0.5) is 0 Å². The van der Waals surface area contributed by atoms with Crippen molar-refractivity contribution in [3.8, 4) is 5.75 Å². The highest BCUT2D eigenvalue weighted by Gasteiger charge is 2.27. The van der Waals surface area contributed by atoms with Gasteiger partial charge in [-0.15, -0.1) is 0 Å². The number of thiol groups is 1. The van der Waals surface area contributed by atoms with Gasteiger partial charge in [0.25, 0.3) is 10.1 Å². The van der Waals surface area contributed by atoms with E-state index >= 15 is 0 Å². The Morgan fingerprint density at radius 3 is 1.90 bits per heavy atom. The van der Waals surface area contributed by atoms with Crippen LogP contribution >= 0.6 is 12.6 Å². The number of aromatic hydroxyl groups is 1. The monoisotopic (exact) mass is 323 g/mol. The molecule has 0 radical (unpaired) electrons. The van der Waals surface area contributed by atoms with Gasteiger partial charge in [0.05, 0.1) is 4.90 Å². The molecule has 1 aromatic carbocycles. The number of phenolic OH excluding ortho intramolecular Hbond substituents is 1. The first-order valence-corrected chi connectivity index (χ1v) is 7.21. The van der Waals surface area contributed by atoms with E-state index in [0.29, 0.717) is 0 Å². The summed E-state index contributed by atoms with van der Waals surface area (Å²) in [6.45, 7) is 3.32. The highest BCUT2D eigenvalue weighted by Crippen LogP contribution is 2.15. The highest BCUT2D eigenvalue weighted by atomic mass is 32.2. The van der Waals surface area contributed by atoms with Gasteiger partial charge < -0.3 is 15.9 Å². The largest absolute Gasteiger partial charge is 0.508 e. The van der Waals surface area contributed by atoms with Crippen molar-refractivity contribution in [2.75, 3.05) is 0 Å². The predicted octanol–water partition coefficient (Wildman–Crippen LogP) is 0.746. The molecule has 0 aliphatic carbocycles. The second kappa shape index (κ2) is 6.93. The number of carboxylic acid groups (broad SMARTS) is 1. The molecule has 0 spiro atoms. The van der Waals surface area contributed by atoms with Crippen molar-refractivity contribution in [2.24, 2.45) is 5.73 Å². The SMILES string of the molecule is CC(C)(S)[C@@H](N)C(=O)O.O=S(=O)(O)c1ccc(O)cc1. The van der Waals surface area contributed by atoms with Gasteiger partial charge in [-0.05, 0) is 38.1 Å². The molecule has 0 aliphatic rings. The van der Waals surface area contributed by atoms with Crippen LogP contribution in [0, 0.1) is 0 Å². The van der Waals surface area contributed by atoms with E-state index < -0.39 is 26.9 Å². The molecule has 5 N–H and O–H groups in total. The van der Waals surface area contributed by atoms with Crippen molar-refractivity contribution in [1.82, 2.24) is 0 Å². The number of carboxylic acids is 1. The molecule has 0 bridgehead atoms. The predicted molar refractivity (Wildman–Crippen MR) is 76.6 cm³/mol. The average Bonchev–Trinajstić information content (AvgIpc) is 2.26. The zero-order valence-electron chi connectivity index (χ0n) is 10.9. The molecule has 0 aromatic heterocycles. The summed E-state index contributed by atoms with van der Waals surface area (Å²) in [7, 11) is -4.13. The van der Waals surface area contributed by atoms with E-state index in [9.17, 15) is 13.2 Å². The summed E-state index contributed by atoms with van der Waals surface area (Å²) in [5.41, 5.74) is 5.22. The minimum atomic E-state index is -4.13. The second-order valence-corrected chi connectivity index (χ2v) is 7.01. The first kappa shape index (κ1) is 18.7. The van der Waals surface area contributed by atoms with Gasteiger partial charge in [0, 0.05) is 4.75 Å². The molecule has 9 heteroatoms. The molecule has 7 nitrogen and oxygen atoms in total. The smallest absolute Gasteiger partial charge is 0.321 e. The van der Waals surface area contributed by atoms with Crippen LogP contribution in [0.25, 0.3) is 0 Å². The Morgan fingerprint density at radius 1 is 1.30 bits per heavy atom. The van der Waals surface area contributed by atoms with E-state index in [2.05, 4.69) is 12.6 Å². The molecule has 0 unspecified atom stereocenters. The molecule has 0 fully saturated rings. The topological polar surface area (TPSA) is 138 Å². The summed E-state index contributed by atoms with van der Waals surface area (Å²) in [6, 6.07) is 3.70. The van der Waals surface area contributed by atoms with E-state index in [1.165, 1.54) is 12.1 Å². The maximum atomic E-state index is 10.4. The Labute approximate surface area is 122 Å². The van der Waals surface area contributed by atoms with Crippen molar-refractivity contribution < 1.29 is 28.0 Å². The standard InChI is InChI=1S/C6H6O4S.C5H11NO2S/c7-5-1-3-6(4-2-5)11(8,9)10;1-5(2,9)3(6)4(7)8/h1-4,7H,(H,8,9,10);3,9H,6H2,1-2H3,(H,7,8)/t;3-/m.0/s1. The fraction of sp³-hybridized carbons (Fsp3) is 0.364. The number of benzene rings is 1. The van der Waals surface area contributed by atoms with E-state index in [0.717, 1.165) is 12.1 Å². The first-order valence-electron chi connectivity index (χ1n) is 5.33. The van der Waals surface area contributed by atoms with Crippen LogP contribution in [-0.4, -0.2) is 39.9 Å². The number of aliphatic carboxylic acids is 1. The van der Waals surface area contributed by atoms with Crippen LogP contribution in [0.5, 0.6) is 5.75 Å². The Hall–Kier alpha value is -1.29. The van der Waals surface area contributed by atoms with E-state index in [4.69, 9.17) is 20.5 Å². The number of phenols is 1. The number of carbonyl (C=O) groups is 1. The highest BCUT2D eigenvalue weighted by molar-refractivity contribution is 7.85. The Morgan fingerprint density at radius 2 is 1.70 bits per heavy atom. The van der Waals surface area contributed by atoms with E-state index in [-0.39, 0.29) is 10.6 Å². The van der Waals surface area contributed by atoms with Gasteiger partial charge >= 0.3 is 5.97 Å². The summed E-state index contributed by atoms with van der Waals surface area (Å²) in [5.74, 6) is -1.06. The van der Waals surface area contributed by atoms with Gasteiger partial charge in [-0.3, -0.25) is 9.35 Å².